The van der Waals surface area contributed by atoms with Gasteiger partial charge in [0.05, 0.1) is 60.9 Å². The number of nitrogens with zero attached hydrogens (tertiary/aromatic N) is 5. The molecule has 0 bridgehead atoms. The number of hydrogen-bond donors (Lipinski definition) is 4. The summed E-state index contributed by atoms with van der Waals surface area (Å²) in [7, 11) is 6.87. The Balaban J connectivity index is 1.22. The molecule has 2 unspecified atom stereocenters. The number of likely N-dealkylation sites (tertiary alicyclic amines) is 2. The quantitative estimate of drug-likeness (QED) is 0.101. The zero-order chi connectivity index (χ0) is 47.6. The van der Waals surface area contributed by atoms with Crippen molar-refractivity contribution in [3.63, 3.8) is 0 Å². The maximum absolute atomic E-state index is 13.9. The summed E-state index contributed by atoms with van der Waals surface area (Å²) in [5.41, 5.74) is 11.8. The third kappa shape index (κ3) is 9.75. The molecule has 7 rings (SSSR count). The van der Waals surface area contributed by atoms with E-state index >= 15 is 0 Å². The van der Waals surface area contributed by atoms with Gasteiger partial charge in [-0.05, 0) is 137 Å². The van der Waals surface area contributed by atoms with E-state index in [-0.39, 0.29) is 47.4 Å². The second-order valence-electron chi connectivity index (χ2n) is 19.6. The fourth-order valence-electron chi connectivity index (χ4n) is 10.4. The second kappa shape index (κ2) is 19.8. The summed E-state index contributed by atoms with van der Waals surface area (Å²) in [6, 6.07) is 22.5. The van der Waals surface area contributed by atoms with Gasteiger partial charge < -0.3 is 34.5 Å². The number of carbonyl (C=O) groups excluding carboxylic acids is 3. The number of nitrogens with one attached hydrogen (secondary N) is 4. The molecule has 354 valence electrons. The van der Waals surface area contributed by atoms with Gasteiger partial charge in [-0.2, -0.15) is 0 Å². The molecule has 3 aliphatic rings. The molecule has 5 atom stereocenters. The van der Waals surface area contributed by atoms with Gasteiger partial charge in [0.25, 0.3) is 5.91 Å². The highest BCUT2D eigenvalue weighted by atomic mass is 16.5. The highest BCUT2D eigenvalue weighted by Crippen LogP contribution is 2.49. The van der Waals surface area contributed by atoms with Crippen molar-refractivity contribution in [3.8, 4) is 0 Å². The number of aromatic nitrogens is 2. The fraction of sp³-hybridized carbons (Fsp3) is 0.500. The molecule has 3 fully saturated rings. The van der Waals surface area contributed by atoms with Crippen LogP contribution in [0.15, 0.2) is 83.2 Å². The highest BCUT2D eigenvalue weighted by molar-refractivity contribution is 5.97. The van der Waals surface area contributed by atoms with Crippen LogP contribution >= 0.6 is 0 Å². The first-order chi connectivity index (χ1) is 31.4. The third-order valence-corrected chi connectivity index (χ3v) is 13.9. The Morgan fingerprint density at radius 3 is 2.06 bits per heavy atom. The molecular formula is C52H71N9O5. The van der Waals surface area contributed by atoms with Gasteiger partial charge in [-0.3, -0.25) is 20.3 Å². The first-order valence-electron chi connectivity index (χ1n) is 23.5. The zero-order valence-corrected chi connectivity index (χ0v) is 41.1. The summed E-state index contributed by atoms with van der Waals surface area (Å²) in [5.74, 6) is 0.499. The van der Waals surface area contributed by atoms with E-state index in [1.54, 1.807) is 4.90 Å². The van der Waals surface area contributed by atoms with Gasteiger partial charge in [-0.25, -0.2) is 14.6 Å². The van der Waals surface area contributed by atoms with E-state index in [1.165, 1.54) is 36.6 Å². The standard InChI is InChI=1S/C52H71N9O5/c1-31(2)46(56-50(63)65-11)33(5)59-27-14-16-45(59)58(10)44-30-35(18-24-39(44)53-9)42-26-25-41(61(42)37-21-19-36(20-22-37)52(6,7)8)34-17-23-38-40(29-34)55-48(54-38)43-15-13-28-60(43)49(62)47(32(3)4)57-51(64)66-12/h17-24,29-30,33,41-43,45,53H,13-16,25-28H2,1-12H3,(H,54,55)(H,56,63)(H,57,64)/t33?,41-,42-,43-,45?/m0/s1. The van der Waals surface area contributed by atoms with Gasteiger partial charge in [-0.1, -0.05) is 50.6 Å². The van der Waals surface area contributed by atoms with Crippen molar-refractivity contribution in [2.45, 2.75) is 130 Å². The number of alkyl carbamates (subject to hydrolysis) is 2. The van der Waals surface area contributed by atoms with E-state index in [0.29, 0.717) is 12.1 Å². The van der Waals surface area contributed by atoms with Crippen LogP contribution < -0.4 is 25.8 Å². The number of allylic oxidation sites excluding steroid dienone is 2. The van der Waals surface area contributed by atoms with Crippen molar-refractivity contribution in [2.24, 2.45) is 0 Å². The highest BCUT2D eigenvalue weighted by Gasteiger charge is 2.39. The number of H-pyrrole nitrogens is 1. The van der Waals surface area contributed by atoms with Gasteiger partial charge in [0.1, 0.15) is 11.5 Å². The SMILES string of the molecule is CNc1ccc([C@@H]2CC[C@@H](c3ccc4nc([C@@H]5CCCN5C(=O)C(NC(=O)OC)=C(C)C)[nH]c4c3)N2c2ccc(C(C)(C)C)cc2)cc1N(C)C1CCCN1C(C)C(NC(=O)OC)=C(C)C. The molecule has 0 radical (unpaired) electrons. The lowest BCUT2D eigenvalue weighted by atomic mass is 9.87. The van der Waals surface area contributed by atoms with Crippen molar-refractivity contribution in [2.75, 3.05) is 56.5 Å². The van der Waals surface area contributed by atoms with Crippen LogP contribution in [0.2, 0.25) is 0 Å². The minimum absolute atomic E-state index is 0.0200. The van der Waals surface area contributed by atoms with Crippen LogP contribution in [0.5, 0.6) is 0 Å². The van der Waals surface area contributed by atoms with E-state index in [4.69, 9.17) is 14.5 Å². The number of benzene rings is 3. The smallest absolute Gasteiger partial charge is 0.411 e. The molecule has 3 aromatic carbocycles. The van der Waals surface area contributed by atoms with Crippen LogP contribution in [0.25, 0.3) is 11.0 Å². The van der Waals surface area contributed by atoms with Crippen LogP contribution in [-0.2, 0) is 19.7 Å². The Morgan fingerprint density at radius 2 is 1.44 bits per heavy atom. The molecule has 1 aromatic heterocycles. The monoisotopic (exact) mass is 902 g/mol. The molecule has 0 saturated carbocycles. The summed E-state index contributed by atoms with van der Waals surface area (Å²) in [6.45, 7) is 18.1. The Bertz CT molecular complexity index is 2480. The van der Waals surface area contributed by atoms with Crippen molar-refractivity contribution >= 4 is 46.2 Å². The lowest BCUT2D eigenvalue weighted by Crippen LogP contribution is -2.49. The van der Waals surface area contributed by atoms with E-state index in [9.17, 15) is 14.4 Å². The molecule has 0 aliphatic carbocycles. The molecule has 4 aromatic rings. The van der Waals surface area contributed by atoms with Crippen molar-refractivity contribution in [3.05, 3.63) is 106 Å². The van der Waals surface area contributed by atoms with Crippen molar-refractivity contribution in [1.82, 2.24) is 30.4 Å². The maximum atomic E-state index is 13.9. The van der Waals surface area contributed by atoms with Gasteiger partial charge in [0, 0.05) is 44.6 Å². The van der Waals surface area contributed by atoms with Gasteiger partial charge >= 0.3 is 12.2 Å². The molecule has 3 amide bonds. The number of imidazole rings is 1. The minimum Gasteiger partial charge on any atom is -0.453 e. The molecule has 4 N–H and O–H groups in total. The molecule has 3 aliphatic heterocycles. The number of aromatic amines is 1. The number of methoxy groups -OCH3 is 2. The normalized spacial score (nSPS) is 20.2. The number of anilines is 3. The predicted molar refractivity (Wildman–Crippen MR) is 264 cm³/mol. The lowest BCUT2D eigenvalue weighted by Gasteiger charge is -2.40. The van der Waals surface area contributed by atoms with Gasteiger partial charge in [-0.15, -0.1) is 0 Å². The lowest BCUT2D eigenvalue weighted by molar-refractivity contribution is -0.128. The number of hydrogen-bond acceptors (Lipinski definition) is 10. The van der Waals surface area contributed by atoms with Crippen molar-refractivity contribution in [1.29, 1.82) is 0 Å². The van der Waals surface area contributed by atoms with E-state index in [2.05, 4.69) is 131 Å². The van der Waals surface area contributed by atoms with Crippen LogP contribution in [0.3, 0.4) is 0 Å². The molecular weight excluding hydrogens is 831 g/mol. The number of carbonyl (C=O) groups is 3. The van der Waals surface area contributed by atoms with E-state index in [1.807, 2.05) is 34.7 Å². The Morgan fingerprint density at radius 1 is 0.803 bits per heavy atom. The van der Waals surface area contributed by atoms with Crippen LogP contribution in [0, 0.1) is 0 Å². The van der Waals surface area contributed by atoms with Crippen LogP contribution in [0.1, 0.15) is 135 Å². The first kappa shape index (κ1) is 47.9. The molecule has 3 saturated heterocycles. The van der Waals surface area contributed by atoms with E-state index < -0.39 is 12.2 Å². The Hall–Kier alpha value is -6.02. The molecule has 66 heavy (non-hydrogen) atoms. The number of fused-ring (bicyclic) bond motifs is 1. The van der Waals surface area contributed by atoms with E-state index in [0.717, 1.165) is 84.6 Å². The number of rotatable bonds is 12. The molecule has 14 heteroatoms. The largest absolute Gasteiger partial charge is 0.453 e. The average Bonchev–Trinajstić information content (AvgIpc) is 4.14. The van der Waals surface area contributed by atoms with Gasteiger partial charge in [0.15, 0.2) is 0 Å². The zero-order valence-electron chi connectivity index (χ0n) is 41.1. The Kier molecular flexibility index (Phi) is 14.4. The topological polar surface area (TPSA) is 147 Å². The summed E-state index contributed by atoms with van der Waals surface area (Å²) in [4.78, 5) is 56.4. The number of ether oxygens (including phenoxy) is 2. The molecule has 4 heterocycles. The second-order valence-corrected chi connectivity index (χ2v) is 19.6. The summed E-state index contributed by atoms with van der Waals surface area (Å²) in [5, 5.41) is 9.14. The average molecular weight is 902 g/mol. The summed E-state index contributed by atoms with van der Waals surface area (Å²) < 4.78 is 9.81. The molecule has 0 spiro atoms. The molecule has 14 nitrogen and oxygen atoms in total. The fourth-order valence-corrected chi connectivity index (χ4v) is 10.4. The Labute approximate surface area is 391 Å². The number of amides is 3. The maximum Gasteiger partial charge on any atom is 0.411 e. The summed E-state index contributed by atoms with van der Waals surface area (Å²) in [6.07, 6.45) is 4.54. The predicted octanol–water partition coefficient (Wildman–Crippen LogP) is 10.2. The van der Waals surface area contributed by atoms with Gasteiger partial charge in [0.2, 0.25) is 0 Å². The summed E-state index contributed by atoms with van der Waals surface area (Å²) >= 11 is 0. The van der Waals surface area contributed by atoms with Crippen LogP contribution in [0.4, 0.5) is 26.7 Å². The third-order valence-electron chi connectivity index (χ3n) is 13.9. The minimum atomic E-state index is -0.672. The van der Waals surface area contributed by atoms with Crippen molar-refractivity contribution < 1.29 is 23.9 Å². The first-order valence-corrected chi connectivity index (χ1v) is 23.5. The van der Waals surface area contributed by atoms with Crippen LogP contribution in [-0.4, -0.2) is 91.5 Å².